The average Bonchev–Trinajstić information content (AvgIpc) is 3.00. The van der Waals surface area contributed by atoms with Crippen molar-refractivity contribution in [1.29, 1.82) is 0 Å². The summed E-state index contributed by atoms with van der Waals surface area (Å²) in [4.78, 5) is 16.7. The van der Waals surface area contributed by atoms with Gasteiger partial charge in [-0.15, -0.1) is 0 Å². The highest BCUT2D eigenvalue weighted by Crippen LogP contribution is 2.20. The summed E-state index contributed by atoms with van der Waals surface area (Å²) in [5.41, 5.74) is 1.39. The Kier molecular flexibility index (Phi) is 4.90. The Hall–Kier alpha value is -2.60. The van der Waals surface area contributed by atoms with Crippen molar-refractivity contribution < 1.29 is 9.53 Å². The van der Waals surface area contributed by atoms with Crippen LogP contribution in [-0.2, 0) is 4.79 Å². The lowest BCUT2D eigenvalue weighted by Crippen LogP contribution is -2.30. The number of rotatable bonds is 5. The van der Waals surface area contributed by atoms with E-state index < -0.39 is 6.10 Å². The molecule has 2 heterocycles. The Morgan fingerprint density at radius 1 is 1.20 bits per heavy atom. The summed E-state index contributed by atoms with van der Waals surface area (Å²) in [6, 6.07) is 8.94. The molecule has 3 aromatic rings. The zero-order valence-corrected chi connectivity index (χ0v) is 15.0. The van der Waals surface area contributed by atoms with Gasteiger partial charge in [-0.2, -0.15) is 5.10 Å². The number of hydrogen-bond donors (Lipinski definition) is 1. The fourth-order valence-corrected chi connectivity index (χ4v) is 2.53. The largest absolute Gasteiger partial charge is 0.481 e. The van der Waals surface area contributed by atoms with Crippen molar-refractivity contribution in [3.8, 4) is 5.75 Å². The fraction of sp³-hybridized carbons (Fsp3) is 0.278. The Balaban J connectivity index is 1.69. The molecule has 1 aromatic carbocycles. The summed E-state index contributed by atoms with van der Waals surface area (Å²) in [7, 11) is 0. The third-order valence-electron chi connectivity index (χ3n) is 3.69. The Bertz CT molecular complexity index is 890. The Labute approximate surface area is 150 Å². The van der Waals surface area contributed by atoms with E-state index in [9.17, 15) is 4.79 Å². The maximum Gasteiger partial charge on any atom is 0.265 e. The van der Waals surface area contributed by atoms with Gasteiger partial charge < -0.3 is 10.1 Å². The number of benzene rings is 1. The summed E-state index contributed by atoms with van der Waals surface area (Å²) in [5.74, 6) is 0.325. The number of aromatic nitrogens is 3. The van der Waals surface area contributed by atoms with E-state index >= 15 is 0 Å². The summed E-state index contributed by atoms with van der Waals surface area (Å²) in [5, 5.41) is 8.62. The van der Waals surface area contributed by atoms with Crippen molar-refractivity contribution in [1.82, 2.24) is 14.8 Å². The van der Waals surface area contributed by atoms with Gasteiger partial charge in [0.1, 0.15) is 5.75 Å². The first-order chi connectivity index (χ1) is 11.9. The number of pyridine rings is 1. The molecule has 3 rings (SSSR count). The van der Waals surface area contributed by atoms with Crippen LogP contribution in [0.3, 0.4) is 0 Å². The summed E-state index contributed by atoms with van der Waals surface area (Å²) < 4.78 is 7.46. The van der Waals surface area contributed by atoms with Gasteiger partial charge in [0.15, 0.2) is 11.8 Å². The van der Waals surface area contributed by atoms with Crippen molar-refractivity contribution in [2.45, 2.75) is 32.9 Å². The number of carbonyl (C=O) groups excluding carboxylic acids is 1. The maximum absolute atomic E-state index is 12.3. The number of amides is 1. The molecule has 0 aliphatic rings. The third kappa shape index (κ3) is 3.91. The van der Waals surface area contributed by atoms with Gasteiger partial charge >= 0.3 is 0 Å². The van der Waals surface area contributed by atoms with Crippen LogP contribution in [0.1, 0.15) is 26.8 Å². The van der Waals surface area contributed by atoms with Gasteiger partial charge in [-0.05, 0) is 51.1 Å². The first-order valence-corrected chi connectivity index (χ1v) is 8.38. The smallest absolute Gasteiger partial charge is 0.265 e. The minimum Gasteiger partial charge on any atom is -0.481 e. The molecule has 0 fully saturated rings. The molecule has 1 N–H and O–H groups in total. The van der Waals surface area contributed by atoms with Crippen LogP contribution in [0.2, 0.25) is 5.02 Å². The second kappa shape index (κ2) is 7.11. The maximum atomic E-state index is 12.3. The summed E-state index contributed by atoms with van der Waals surface area (Å²) >= 11 is 5.84. The highest BCUT2D eigenvalue weighted by molar-refractivity contribution is 6.30. The Morgan fingerprint density at radius 2 is 1.92 bits per heavy atom. The molecular weight excluding hydrogens is 340 g/mol. The molecule has 0 aliphatic carbocycles. The van der Waals surface area contributed by atoms with Gasteiger partial charge in [0.05, 0.1) is 18.1 Å². The van der Waals surface area contributed by atoms with Gasteiger partial charge in [-0.3, -0.25) is 4.79 Å². The fourth-order valence-electron chi connectivity index (χ4n) is 2.40. The normalized spacial score (nSPS) is 12.4. The molecule has 0 saturated heterocycles. The van der Waals surface area contributed by atoms with Crippen molar-refractivity contribution in [2.75, 3.05) is 5.32 Å². The zero-order chi connectivity index (χ0) is 18.0. The van der Waals surface area contributed by atoms with Crippen molar-refractivity contribution in [3.05, 3.63) is 47.7 Å². The van der Waals surface area contributed by atoms with Crippen molar-refractivity contribution in [2.24, 2.45) is 0 Å². The summed E-state index contributed by atoms with van der Waals surface area (Å²) in [6.45, 7) is 5.77. The van der Waals surface area contributed by atoms with Crippen LogP contribution >= 0.6 is 11.6 Å². The molecule has 25 heavy (non-hydrogen) atoms. The molecule has 0 unspecified atom stereocenters. The molecule has 0 bridgehead atoms. The first kappa shape index (κ1) is 17.2. The van der Waals surface area contributed by atoms with E-state index in [1.54, 1.807) is 43.6 Å². The second-order valence-corrected chi connectivity index (χ2v) is 6.46. The van der Waals surface area contributed by atoms with E-state index in [0.717, 1.165) is 11.0 Å². The number of halogens is 1. The van der Waals surface area contributed by atoms with Crippen LogP contribution in [0.25, 0.3) is 11.0 Å². The molecule has 1 atom stereocenters. The zero-order valence-electron chi connectivity index (χ0n) is 14.2. The standard InChI is InChI=1S/C18H19ClN4O2/c1-11(2)23-17-13(9-21-23)8-15(10-20-17)22-18(24)12(3)25-16-6-4-14(19)5-7-16/h4-12H,1-3H3,(H,22,24)/t12-/m1/s1. The van der Waals surface area contributed by atoms with Gasteiger partial charge in [0.2, 0.25) is 0 Å². The molecule has 0 spiro atoms. The highest BCUT2D eigenvalue weighted by atomic mass is 35.5. The molecule has 0 radical (unpaired) electrons. The number of ether oxygens (including phenoxy) is 1. The van der Waals surface area contributed by atoms with E-state index in [-0.39, 0.29) is 11.9 Å². The van der Waals surface area contributed by atoms with E-state index in [4.69, 9.17) is 16.3 Å². The SMILES string of the molecule is CC(C)n1ncc2cc(NC(=O)[C@@H](C)Oc3ccc(Cl)cc3)cnc21. The van der Waals surface area contributed by atoms with Crippen LogP contribution < -0.4 is 10.1 Å². The minimum absolute atomic E-state index is 0.221. The number of nitrogens with one attached hydrogen (secondary N) is 1. The second-order valence-electron chi connectivity index (χ2n) is 6.02. The summed E-state index contributed by atoms with van der Waals surface area (Å²) in [6.07, 6.45) is 2.71. The van der Waals surface area contributed by atoms with Gasteiger partial charge in [0.25, 0.3) is 5.91 Å². The lowest BCUT2D eigenvalue weighted by molar-refractivity contribution is -0.122. The molecule has 7 heteroatoms. The predicted molar refractivity (Wildman–Crippen MR) is 98.1 cm³/mol. The van der Waals surface area contributed by atoms with Crippen LogP contribution in [0.4, 0.5) is 5.69 Å². The lowest BCUT2D eigenvalue weighted by atomic mass is 10.3. The molecule has 130 valence electrons. The molecular formula is C18H19ClN4O2. The molecule has 1 amide bonds. The van der Waals surface area contributed by atoms with Crippen LogP contribution in [0.15, 0.2) is 42.7 Å². The van der Waals surface area contributed by atoms with Gasteiger partial charge in [-0.25, -0.2) is 9.67 Å². The topological polar surface area (TPSA) is 69.0 Å². The van der Waals surface area contributed by atoms with Crippen LogP contribution in [0.5, 0.6) is 5.75 Å². The third-order valence-corrected chi connectivity index (χ3v) is 3.94. The van der Waals surface area contributed by atoms with Crippen LogP contribution in [0, 0.1) is 0 Å². The van der Waals surface area contributed by atoms with Gasteiger partial charge in [-0.1, -0.05) is 11.6 Å². The van der Waals surface area contributed by atoms with E-state index in [1.165, 1.54) is 0 Å². The number of anilines is 1. The first-order valence-electron chi connectivity index (χ1n) is 8.00. The van der Waals surface area contributed by atoms with Crippen LogP contribution in [-0.4, -0.2) is 26.8 Å². The quantitative estimate of drug-likeness (QED) is 0.746. The Morgan fingerprint density at radius 3 is 2.60 bits per heavy atom. The number of hydrogen-bond acceptors (Lipinski definition) is 4. The van der Waals surface area contributed by atoms with Crippen molar-refractivity contribution in [3.63, 3.8) is 0 Å². The average molecular weight is 359 g/mol. The van der Waals surface area contributed by atoms with E-state index in [0.29, 0.717) is 16.5 Å². The monoisotopic (exact) mass is 358 g/mol. The number of nitrogens with zero attached hydrogens (tertiary/aromatic N) is 3. The molecule has 0 saturated carbocycles. The van der Waals surface area contributed by atoms with Gasteiger partial charge in [0, 0.05) is 16.5 Å². The molecule has 6 nitrogen and oxygen atoms in total. The number of fused-ring (bicyclic) bond motifs is 1. The predicted octanol–water partition coefficient (Wildman–Crippen LogP) is 4.07. The molecule has 2 aromatic heterocycles. The minimum atomic E-state index is -0.657. The lowest BCUT2D eigenvalue weighted by Gasteiger charge is -2.14. The van der Waals surface area contributed by atoms with E-state index in [1.807, 2.05) is 24.6 Å². The van der Waals surface area contributed by atoms with Crippen molar-refractivity contribution >= 4 is 34.2 Å². The molecule has 0 aliphatic heterocycles. The van der Waals surface area contributed by atoms with E-state index in [2.05, 4.69) is 15.4 Å². The number of carbonyl (C=O) groups is 1. The highest BCUT2D eigenvalue weighted by Gasteiger charge is 2.16.